The van der Waals surface area contributed by atoms with Crippen molar-refractivity contribution >= 4 is 47.2 Å². The van der Waals surface area contributed by atoms with Gasteiger partial charge in [0.05, 0.1) is 5.25 Å². The van der Waals surface area contributed by atoms with Crippen molar-refractivity contribution in [2.24, 2.45) is 0 Å². The van der Waals surface area contributed by atoms with E-state index in [1.807, 2.05) is 12.1 Å². The molecule has 0 spiro atoms. The molecule has 1 heterocycles. The monoisotopic (exact) mass is 592 g/mol. The van der Waals surface area contributed by atoms with E-state index in [0.717, 1.165) is 29.3 Å². The Labute approximate surface area is 242 Å². The second-order valence-corrected chi connectivity index (χ2v) is 11.1. The van der Waals surface area contributed by atoms with Gasteiger partial charge in [0, 0.05) is 44.7 Å². The second-order valence-electron chi connectivity index (χ2n) is 9.28. The molecule has 0 aliphatic carbocycles. The molecule has 0 aromatic heterocycles. The van der Waals surface area contributed by atoms with Gasteiger partial charge in [-0.05, 0) is 35.7 Å². The minimum Gasteiger partial charge on any atom is -0.475 e. The first-order valence-corrected chi connectivity index (χ1v) is 14.1. The third-order valence-corrected chi connectivity index (χ3v) is 7.66. The first kappa shape index (κ1) is 31.3. The van der Waals surface area contributed by atoms with Gasteiger partial charge in [-0.15, -0.1) is 11.8 Å². The Hall–Kier alpha value is -3.24. The average molecular weight is 593 g/mol. The van der Waals surface area contributed by atoms with Crippen LogP contribution in [0, 0.1) is 0 Å². The van der Waals surface area contributed by atoms with Crippen molar-refractivity contribution in [1.29, 1.82) is 0 Å². The Morgan fingerprint density at radius 3 is 1.93 bits per heavy atom. The van der Waals surface area contributed by atoms with Gasteiger partial charge in [0.25, 0.3) is 0 Å². The molecule has 2 aromatic rings. The predicted molar refractivity (Wildman–Crippen MR) is 149 cm³/mol. The lowest BCUT2D eigenvalue weighted by molar-refractivity contribution is -0.190. The van der Waals surface area contributed by atoms with Gasteiger partial charge in [-0.2, -0.15) is 0 Å². The summed E-state index contributed by atoms with van der Waals surface area (Å²) in [6.07, 6.45) is -2.03. The molecule has 0 amide bonds. The van der Waals surface area contributed by atoms with E-state index in [-0.39, 0.29) is 6.61 Å². The van der Waals surface area contributed by atoms with Crippen molar-refractivity contribution in [3.05, 3.63) is 64.2 Å². The zero-order chi connectivity index (χ0) is 29.4. The number of carbonyl (C=O) groups excluding carboxylic acids is 4. The van der Waals surface area contributed by atoms with Crippen LogP contribution in [0.25, 0.3) is 0 Å². The minimum absolute atomic E-state index is 0.167. The lowest BCUT2D eigenvalue weighted by atomic mass is 10.0. The van der Waals surface area contributed by atoms with E-state index in [4.69, 9.17) is 35.3 Å². The third kappa shape index (κ3) is 8.89. The molecular formula is C29H33ClO9S. The van der Waals surface area contributed by atoms with E-state index < -0.39 is 52.9 Å². The Balaban J connectivity index is 2.01. The number of thioether (sulfide) groups is 1. The minimum atomic E-state index is -1.23. The summed E-state index contributed by atoms with van der Waals surface area (Å²) in [5, 5.41) is -0.188. The molecule has 1 aliphatic heterocycles. The number of aryl methyl sites for hydroxylation is 1. The molecule has 0 unspecified atom stereocenters. The van der Waals surface area contributed by atoms with Crippen LogP contribution in [0.5, 0.6) is 5.75 Å². The highest BCUT2D eigenvalue weighted by Crippen LogP contribution is 2.40. The van der Waals surface area contributed by atoms with E-state index in [9.17, 15) is 19.2 Å². The summed E-state index contributed by atoms with van der Waals surface area (Å²) < 4.78 is 28.3. The number of benzene rings is 2. The van der Waals surface area contributed by atoms with Crippen LogP contribution < -0.4 is 4.74 Å². The van der Waals surface area contributed by atoms with Crippen LogP contribution in [0.1, 0.15) is 51.3 Å². The van der Waals surface area contributed by atoms with Crippen LogP contribution in [0.3, 0.4) is 0 Å². The van der Waals surface area contributed by atoms with Crippen molar-refractivity contribution in [1.82, 2.24) is 0 Å². The highest BCUT2D eigenvalue weighted by atomic mass is 35.5. The van der Waals surface area contributed by atoms with Crippen LogP contribution in [0.4, 0.5) is 0 Å². The van der Waals surface area contributed by atoms with Gasteiger partial charge in [0.2, 0.25) is 0 Å². The van der Waals surface area contributed by atoms with Gasteiger partial charge < -0.3 is 23.7 Å². The number of rotatable bonds is 10. The van der Waals surface area contributed by atoms with E-state index in [0.29, 0.717) is 17.2 Å². The van der Waals surface area contributed by atoms with Crippen molar-refractivity contribution < 1.29 is 42.9 Å². The smallest absolute Gasteiger partial charge is 0.303 e. The SMILES string of the molecule is CCc1ccc(Cc2cc(Cl)ccc2O[C@H]2S[C@@H](COC(C)=O)[C@@H](OC(C)=O)[C@H](OC(C)=O)[C@H]2OC(C)=O)cc1. The fraction of sp³-hybridized carbons (Fsp3) is 0.448. The highest BCUT2D eigenvalue weighted by molar-refractivity contribution is 8.00. The molecule has 1 saturated heterocycles. The Morgan fingerprint density at radius 1 is 0.775 bits per heavy atom. The normalized spacial score (nSPS) is 22.1. The molecule has 0 radical (unpaired) electrons. The molecule has 5 atom stereocenters. The lowest BCUT2D eigenvalue weighted by Gasteiger charge is -2.43. The van der Waals surface area contributed by atoms with Crippen molar-refractivity contribution in [2.45, 2.75) is 76.5 Å². The Morgan fingerprint density at radius 2 is 1.35 bits per heavy atom. The molecule has 1 fully saturated rings. The van der Waals surface area contributed by atoms with Crippen molar-refractivity contribution in [3.8, 4) is 5.75 Å². The van der Waals surface area contributed by atoms with Crippen LogP contribution in [-0.2, 0) is 51.0 Å². The predicted octanol–water partition coefficient (Wildman–Crippen LogP) is 4.67. The summed E-state index contributed by atoms with van der Waals surface area (Å²) in [6.45, 7) is 6.78. The molecule has 2 aromatic carbocycles. The molecule has 11 heteroatoms. The standard InChI is InChI=1S/C29H33ClO9S/c1-6-20-7-9-21(10-8-20)13-22-14-23(30)11-12-24(22)39-29-28(38-19(5)34)27(37-18(4)33)26(36-17(3)32)25(40-29)15-35-16(2)31/h7-12,14,25-29H,6,13,15H2,1-5H3/t25-,26+,27-,28+,29-/m0/s1. The van der Waals surface area contributed by atoms with Gasteiger partial charge in [-0.3, -0.25) is 19.2 Å². The Kier molecular flexibility index (Phi) is 11.3. The maximum atomic E-state index is 12.1. The van der Waals surface area contributed by atoms with E-state index in [1.54, 1.807) is 18.2 Å². The van der Waals surface area contributed by atoms with Crippen LogP contribution in [0.15, 0.2) is 42.5 Å². The molecule has 40 heavy (non-hydrogen) atoms. The number of hydrogen-bond donors (Lipinski definition) is 0. The summed E-state index contributed by atoms with van der Waals surface area (Å²) in [7, 11) is 0. The molecule has 216 valence electrons. The second kappa shape index (κ2) is 14.4. The van der Waals surface area contributed by atoms with E-state index >= 15 is 0 Å². The van der Waals surface area contributed by atoms with Crippen LogP contribution in [0.2, 0.25) is 5.02 Å². The molecule has 3 rings (SSSR count). The van der Waals surface area contributed by atoms with E-state index in [1.165, 1.54) is 33.3 Å². The van der Waals surface area contributed by atoms with Gasteiger partial charge in [0.15, 0.2) is 23.7 Å². The summed E-state index contributed by atoms with van der Waals surface area (Å²) >= 11 is 7.47. The molecule has 0 saturated carbocycles. The average Bonchev–Trinajstić information content (AvgIpc) is 2.87. The topological polar surface area (TPSA) is 114 Å². The largest absolute Gasteiger partial charge is 0.475 e. The molecule has 0 N–H and O–H groups in total. The number of ether oxygens (including phenoxy) is 5. The van der Waals surface area contributed by atoms with Gasteiger partial charge in [0.1, 0.15) is 12.4 Å². The van der Waals surface area contributed by atoms with E-state index in [2.05, 4.69) is 19.1 Å². The molecule has 0 bridgehead atoms. The fourth-order valence-corrected chi connectivity index (χ4v) is 5.90. The number of hydrogen-bond acceptors (Lipinski definition) is 10. The molecule has 9 nitrogen and oxygen atoms in total. The first-order chi connectivity index (χ1) is 19.0. The molecule has 1 aliphatic rings. The zero-order valence-corrected chi connectivity index (χ0v) is 24.6. The van der Waals surface area contributed by atoms with Crippen LogP contribution >= 0.6 is 23.4 Å². The van der Waals surface area contributed by atoms with Crippen molar-refractivity contribution in [3.63, 3.8) is 0 Å². The summed E-state index contributed by atoms with van der Waals surface area (Å²) in [5.74, 6) is -2.05. The maximum Gasteiger partial charge on any atom is 0.303 e. The number of carbonyl (C=O) groups is 4. The van der Waals surface area contributed by atoms with Gasteiger partial charge in [-0.1, -0.05) is 42.8 Å². The fourth-order valence-electron chi connectivity index (χ4n) is 4.32. The zero-order valence-electron chi connectivity index (χ0n) is 23.0. The highest BCUT2D eigenvalue weighted by Gasteiger charge is 2.53. The van der Waals surface area contributed by atoms with Gasteiger partial charge >= 0.3 is 23.9 Å². The number of esters is 4. The maximum absolute atomic E-state index is 12.1. The molecular weight excluding hydrogens is 560 g/mol. The number of halogens is 1. The third-order valence-electron chi connectivity index (χ3n) is 6.04. The Bertz CT molecular complexity index is 1220. The summed E-state index contributed by atoms with van der Waals surface area (Å²) in [6, 6.07) is 13.4. The summed E-state index contributed by atoms with van der Waals surface area (Å²) in [4.78, 5) is 47.8. The lowest BCUT2D eigenvalue weighted by Crippen LogP contribution is -2.59. The quantitative estimate of drug-likeness (QED) is 0.285. The van der Waals surface area contributed by atoms with Gasteiger partial charge in [-0.25, -0.2) is 0 Å². The summed E-state index contributed by atoms with van der Waals surface area (Å²) in [5.41, 5.74) is 2.11. The first-order valence-electron chi connectivity index (χ1n) is 12.8. The van der Waals surface area contributed by atoms with Crippen LogP contribution in [-0.4, -0.2) is 59.5 Å². The van der Waals surface area contributed by atoms with Crippen molar-refractivity contribution in [2.75, 3.05) is 6.61 Å².